The van der Waals surface area contributed by atoms with Crippen LogP contribution in [0.5, 0.6) is 0 Å². The molecule has 0 amide bonds. The summed E-state index contributed by atoms with van der Waals surface area (Å²) in [5.41, 5.74) is 0. The van der Waals surface area contributed by atoms with E-state index in [4.69, 9.17) is 5.11 Å². The van der Waals surface area contributed by atoms with Gasteiger partial charge in [0.2, 0.25) is 0 Å². The van der Waals surface area contributed by atoms with Crippen molar-refractivity contribution < 1.29 is 5.11 Å². The van der Waals surface area contributed by atoms with Gasteiger partial charge in [0.05, 0.1) is 0 Å². The molecular formula is C13H27N3O. The molecule has 1 saturated carbocycles. The van der Waals surface area contributed by atoms with Crippen LogP contribution in [-0.2, 0) is 0 Å². The smallest absolute Gasteiger partial charge is 0.191 e. The van der Waals surface area contributed by atoms with Gasteiger partial charge >= 0.3 is 0 Å². The molecule has 0 bridgehead atoms. The summed E-state index contributed by atoms with van der Waals surface area (Å²) in [6, 6.07) is 0.575. The van der Waals surface area contributed by atoms with Gasteiger partial charge in [0.25, 0.3) is 0 Å². The molecule has 4 heteroatoms. The first kappa shape index (κ1) is 14.3. The van der Waals surface area contributed by atoms with Gasteiger partial charge in [-0.2, -0.15) is 0 Å². The number of nitrogens with one attached hydrogen (secondary N) is 2. The van der Waals surface area contributed by atoms with Crippen LogP contribution >= 0.6 is 0 Å². The van der Waals surface area contributed by atoms with Crippen LogP contribution in [0, 0.1) is 5.92 Å². The van der Waals surface area contributed by atoms with E-state index in [1.807, 2.05) is 6.92 Å². The Balaban J connectivity index is 2.40. The molecule has 1 rings (SSSR count). The highest BCUT2D eigenvalue weighted by atomic mass is 16.3. The summed E-state index contributed by atoms with van der Waals surface area (Å²) in [6.45, 7) is 5.85. The molecular weight excluding hydrogens is 214 g/mol. The fourth-order valence-electron chi connectivity index (χ4n) is 2.07. The third-order valence-electron chi connectivity index (χ3n) is 3.16. The summed E-state index contributed by atoms with van der Waals surface area (Å²) in [7, 11) is 0. The lowest BCUT2D eigenvalue weighted by molar-refractivity contribution is 0.241. The van der Waals surface area contributed by atoms with Crippen LogP contribution in [-0.4, -0.2) is 36.8 Å². The number of guanidine groups is 1. The molecule has 0 heterocycles. The summed E-state index contributed by atoms with van der Waals surface area (Å²) >= 11 is 0. The van der Waals surface area contributed by atoms with Crippen LogP contribution in [0.1, 0.15) is 46.0 Å². The molecule has 0 radical (unpaired) electrons. The van der Waals surface area contributed by atoms with Crippen LogP contribution in [0.25, 0.3) is 0 Å². The van der Waals surface area contributed by atoms with Crippen molar-refractivity contribution in [3.63, 3.8) is 0 Å². The Bertz CT molecular complexity index is 225. The standard InChI is InChI=1S/C13H27N3O/c1-3-14-13(15-9-11(2)10-17)16-12-7-5-4-6-8-12/h11-12,17H,3-10H2,1-2H3,(H2,14,15,16). The van der Waals surface area contributed by atoms with E-state index in [9.17, 15) is 0 Å². The molecule has 1 unspecified atom stereocenters. The van der Waals surface area contributed by atoms with Crippen molar-refractivity contribution in [2.75, 3.05) is 19.7 Å². The molecule has 17 heavy (non-hydrogen) atoms. The summed E-state index contributed by atoms with van der Waals surface area (Å²) < 4.78 is 0. The topological polar surface area (TPSA) is 56.7 Å². The summed E-state index contributed by atoms with van der Waals surface area (Å²) in [4.78, 5) is 4.51. The molecule has 0 spiro atoms. The predicted molar refractivity (Wildman–Crippen MR) is 72.2 cm³/mol. The highest BCUT2D eigenvalue weighted by Crippen LogP contribution is 2.17. The molecule has 1 fully saturated rings. The van der Waals surface area contributed by atoms with Gasteiger partial charge in [0, 0.05) is 25.7 Å². The maximum atomic E-state index is 8.99. The number of nitrogens with zero attached hydrogens (tertiary/aromatic N) is 1. The number of aliphatic imine (C=N–C) groups is 1. The fraction of sp³-hybridized carbons (Fsp3) is 0.923. The minimum absolute atomic E-state index is 0.201. The van der Waals surface area contributed by atoms with Crippen LogP contribution in [0.3, 0.4) is 0 Å². The van der Waals surface area contributed by atoms with Crippen molar-refractivity contribution in [1.82, 2.24) is 10.6 Å². The Hall–Kier alpha value is -0.770. The normalized spacial score (nSPS) is 20.1. The predicted octanol–water partition coefficient (Wildman–Crippen LogP) is 1.50. The largest absolute Gasteiger partial charge is 0.396 e. The van der Waals surface area contributed by atoms with Crippen molar-refractivity contribution >= 4 is 5.96 Å². The Morgan fingerprint density at radius 2 is 2.06 bits per heavy atom. The lowest BCUT2D eigenvalue weighted by atomic mass is 9.96. The second kappa shape index (κ2) is 8.34. The summed E-state index contributed by atoms with van der Waals surface area (Å²) in [5, 5.41) is 15.7. The maximum absolute atomic E-state index is 8.99. The van der Waals surface area contributed by atoms with Gasteiger partial charge in [-0.25, -0.2) is 0 Å². The quantitative estimate of drug-likeness (QED) is 0.505. The average Bonchev–Trinajstić information content (AvgIpc) is 2.37. The number of hydrogen-bond acceptors (Lipinski definition) is 2. The van der Waals surface area contributed by atoms with E-state index < -0.39 is 0 Å². The third-order valence-corrected chi connectivity index (χ3v) is 3.16. The summed E-state index contributed by atoms with van der Waals surface area (Å²) in [5.74, 6) is 1.14. The fourth-order valence-corrected chi connectivity index (χ4v) is 2.07. The lowest BCUT2D eigenvalue weighted by Gasteiger charge is -2.25. The molecule has 0 aromatic heterocycles. The number of aliphatic hydroxyl groups is 1. The van der Waals surface area contributed by atoms with Crippen LogP contribution in [0.4, 0.5) is 0 Å². The van der Waals surface area contributed by atoms with Crippen LogP contribution < -0.4 is 10.6 Å². The molecule has 100 valence electrons. The Kier molecular flexibility index (Phi) is 7.01. The van der Waals surface area contributed by atoms with Crippen molar-refractivity contribution in [3.05, 3.63) is 0 Å². The minimum atomic E-state index is 0.201. The molecule has 1 aliphatic carbocycles. The second-order valence-corrected chi connectivity index (χ2v) is 4.99. The zero-order valence-corrected chi connectivity index (χ0v) is 11.2. The van der Waals surface area contributed by atoms with Gasteiger partial charge in [0.1, 0.15) is 0 Å². The van der Waals surface area contributed by atoms with E-state index in [2.05, 4.69) is 22.5 Å². The molecule has 3 N–H and O–H groups in total. The third kappa shape index (κ3) is 5.91. The van der Waals surface area contributed by atoms with E-state index in [-0.39, 0.29) is 12.5 Å². The van der Waals surface area contributed by atoms with Crippen LogP contribution in [0.2, 0.25) is 0 Å². The van der Waals surface area contributed by atoms with Gasteiger partial charge in [-0.1, -0.05) is 26.2 Å². The molecule has 0 aromatic carbocycles. The van der Waals surface area contributed by atoms with Gasteiger partial charge in [-0.15, -0.1) is 0 Å². The highest BCUT2D eigenvalue weighted by molar-refractivity contribution is 5.80. The molecule has 1 atom stereocenters. The van der Waals surface area contributed by atoms with Crippen molar-refractivity contribution in [2.45, 2.75) is 52.0 Å². The van der Waals surface area contributed by atoms with Gasteiger partial charge in [-0.05, 0) is 25.7 Å². The second-order valence-electron chi connectivity index (χ2n) is 4.99. The zero-order valence-electron chi connectivity index (χ0n) is 11.2. The van der Waals surface area contributed by atoms with Crippen molar-refractivity contribution in [1.29, 1.82) is 0 Å². The monoisotopic (exact) mass is 241 g/mol. The SMILES string of the molecule is CCNC(=NCC(C)CO)NC1CCCCC1. The van der Waals surface area contributed by atoms with E-state index in [0.29, 0.717) is 12.6 Å². The van der Waals surface area contributed by atoms with Crippen molar-refractivity contribution in [3.8, 4) is 0 Å². The summed E-state index contributed by atoms with van der Waals surface area (Å²) in [6.07, 6.45) is 6.52. The van der Waals surface area contributed by atoms with E-state index >= 15 is 0 Å². The minimum Gasteiger partial charge on any atom is -0.396 e. The van der Waals surface area contributed by atoms with E-state index in [1.54, 1.807) is 0 Å². The Morgan fingerprint density at radius 3 is 2.65 bits per heavy atom. The molecule has 0 aromatic rings. The van der Waals surface area contributed by atoms with E-state index in [0.717, 1.165) is 12.5 Å². The number of hydrogen-bond donors (Lipinski definition) is 3. The Labute approximate surface area is 105 Å². The molecule has 1 aliphatic rings. The zero-order chi connectivity index (χ0) is 12.5. The van der Waals surface area contributed by atoms with Crippen LogP contribution in [0.15, 0.2) is 4.99 Å². The highest BCUT2D eigenvalue weighted by Gasteiger charge is 2.14. The number of rotatable bonds is 5. The van der Waals surface area contributed by atoms with Gasteiger partial charge in [0.15, 0.2) is 5.96 Å². The molecule has 0 saturated heterocycles. The van der Waals surface area contributed by atoms with E-state index in [1.165, 1.54) is 32.1 Å². The first-order valence-electron chi connectivity index (χ1n) is 6.92. The first-order valence-corrected chi connectivity index (χ1v) is 6.92. The first-order chi connectivity index (χ1) is 8.26. The van der Waals surface area contributed by atoms with Gasteiger partial charge < -0.3 is 15.7 Å². The van der Waals surface area contributed by atoms with Gasteiger partial charge in [-0.3, -0.25) is 4.99 Å². The lowest BCUT2D eigenvalue weighted by Crippen LogP contribution is -2.44. The maximum Gasteiger partial charge on any atom is 0.191 e. The number of aliphatic hydroxyl groups excluding tert-OH is 1. The Morgan fingerprint density at radius 1 is 1.35 bits per heavy atom. The molecule has 4 nitrogen and oxygen atoms in total. The van der Waals surface area contributed by atoms with Crippen molar-refractivity contribution in [2.24, 2.45) is 10.9 Å². The average molecular weight is 241 g/mol. The molecule has 0 aliphatic heterocycles.